The highest BCUT2D eigenvalue weighted by molar-refractivity contribution is 8.00. The molecule has 0 bridgehead atoms. The molecule has 10 nitrogen and oxygen atoms in total. The van der Waals surface area contributed by atoms with Crippen molar-refractivity contribution in [2.75, 3.05) is 11.9 Å². The number of carbonyl (C=O) groups excluding carboxylic acids is 4. The lowest BCUT2D eigenvalue weighted by molar-refractivity contribution is -0.154. The summed E-state index contributed by atoms with van der Waals surface area (Å²) in [6.07, 6.45) is -1.19. The van der Waals surface area contributed by atoms with Crippen LogP contribution in [0.25, 0.3) is 0 Å². The first kappa shape index (κ1) is 47.0. The van der Waals surface area contributed by atoms with Gasteiger partial charge in [-0.05, 0) is 86.0 Å². The van der Waals surface area contributed by atoms with Gasteiger partial charge in [-0.2, -0.15) is 0 Å². The Balaban J connectivity index is 0.00000630. The topological polar surface area (TPSA) is 134 Å². The largest absolute Gasteiger partial charge is 1.00 e. The van der Waals surface area contributed by atoms with Crippen LogP contribution in [0.1, 0.15) is 49.6 Å². The lowest BCUT2D eigenvalue weighted by Gasteiger charge is -2.50. The third kappa shape index (κ3) is 10.3. The lowest BCUT2D eigenvalue weighted by Crippen LogP contribution is -3.00. The summed E-state index contributed by atoms with van der Waals surface area (Å²) in [6.45, 7) is 5.13. The second-order valence-corrected chi connectivity index (χ2v) is 21.2. The minimum Gasteiger partial charge on any atom is -1.00 e. The molecule has 2 unspecified atom stereocenters. The van der Waals surface area contributed by atoms with Gasteiger partial charge in [0.2, 0.25) is 5.91 Å². The van der Waals surface area contributed by atoms with E-state index in [0.717, 1.165) is 32.6 Å². The summed E-state index contributed by atoms with van der Waals surface area (Å²) in [5.41, 5.74) is 1.96. The molecule has 2 aliphatic rings. The molecule has 65 heavy (non-hydrogen) atoms. The summed E-state index contributed by atoms with van der Waals surface area (Å²) in [4.78, 5) is 58.7. The molecule has 0 aromatic heterocycles. The number of rotatable bonds is 13. The Morgan fingerprint density at radius 3 is 1.63 bits per heavy atom. The first-order valence-corrected chi connectivity index (χ1v) is 24.1. The van der Waals surface area contributed by atoms with Gasteiger partial charge in [0.05, 0.1) is 6.16 Å². The Morgan fingerprint density at radius 2 is 1.17 bits per heavy atom. The molecule has 3 atom stereocenters. The van der Waals surface area contributed by atoms with Crippen molar-refractivity contribution in [3.05, 3.63) is 204 Å². The summed E-state index contributed by atoms with van der Waals surface area (Å²) in [7, 11) is -2.56. The van der Waals surface area contributed by atoms with Gasteiger partial charge in [-0.25, -0.2) is 9.59 Å². The number of phenolic OH excluding ortho intramolecular Hbond substituents is 1. The van der Waals surface area contributed by atoms with E-state index in [2.05, 4.69) is 47.0 Å². The fourth-order valence-corrected chi connectivity index (χ4v) is 14.0. The Hall–Kier alpha value is -5.95. The van der Waals surface area contributed by atoms with Crippen LogP contribution in [0, 0.1) is 0 Å². The number of hydrogen-bond donors (Lipinski definition) is 3. The Bertz CT molecular complexity index is 2500. The lowest BCUT2D eigenvalue weighted by atomic mass is 10.00. The summed E-state index contributed by atoms with van der Waals surface area (Å²) < 4.78 is 12.1. The number of hydrogen-bond acceptors (Lipinski definition) is 8. The van der Waals surface area contributed by atoms with Crippen molar-refractivity contribution in [2.45, 2.75) is 49.9 Å². The van der Waals surface area contributed by atoms with Gasteiger partial charge in [-0.1, -0.05) is 127 Å². The molecule has 0 spiro atoms. The van der Waals surface area contributed by atoms with E-state index in [4.69, 9.17) is 9.47 Å². The number of nitrogens with zero attached hydrogens (tertiary/aromatic N) is 1. The number of thioether (sulfide) groups is 1. The molecule has 3 N–H and O–H groups in total. The average molecular weight is 1020 g/mol. The normalized spacial score (nSPS) is 16.3. The van der Waals surface area contributed by atoms with E-state index < -0.39 is 60.3 Å². The molecule has 1 fully saturated rings. The molecule has 6 aromatic carbocycles. The van der Waals surface area contributed by atoms with E-state index in [1.54, 1.807) is 20.8 Å². The highest BCUT2D eigenvalue weighted by Gasteiger charge is 2.57. The van der Waals surface area contributed by atoms with Crippen LogP contribution in [0.5, 0.6) is 5.75 Å². The smallest absolute Gasteiger partial charge is 0.408 e. The number of phenols is 1. The molecule has 0 radical (unpaired) electrons. The maximum atomic E-state index is 15.2. The van der Waals surface area contributed by atoms with E-state index >= 15 is 4.79 Å². The predicted octanol–water partition coefficient (Wildman–Crippen LogP) is 4.94. The van der Waals surface area contributed by atoms with Gasteiger partial charge < -0.3 is 49.2 Å². The average Bonchev–Trinajstić information content (AvgIpc) is 3.31. The number of β-lactam (4-membered cyclic amide) rings is 1. The van der Waals surface area contributed by atoms with Crippen LogP contribution >= 0.6 is 19.0 Å². The third-order valence-corrected chi connectivity index (χ3v) is 16.9. The predicted molar refractivity (Wildman–Crippen MR) is 253 cm³/mol. The molecule has 1 saturated heterocycles. The van der Waals surface area contributed by atoms with Gasteiger partial charge in [-0.3, -0.25) is 14.5 Å². The maximum Gasteiger partial charge on any atom is 0.408 e. The van der Waals surface area contributed by atoms with E-state index in [1.807, 2.05) is 115 Å². The van der Waals surface area contributed by atoms with Gasteiger partial charge in [0.25, 0.3) is 5.91 Å². The first-order valence-electron chi connectivity index (χ1n) is 21.0. The third-order valence-electron chi connectivity index (χ3n) is 11.1. The van der Waals surface area contributed by atoms with Gasteiger partial charge in [-0.15, -0.1) is 11.8 Å². The summed E-state index contributed by atoms with van der Waals surface area (Å²) >= 11 is 1.46. The first-order chi connectivity index (χ1) is 30.9. The van der Waals surface area contributed by atoms with Crippen LogP contribution in [-0.2, 0) is 23.9 Å². The van der Waals surface area contributed by atoms with Crippen molar-refractivity contribution >= 4 is 58.8 Å². The Kier molecular flexibility index (Phi) is 14.8. The monoisotopic (exact) mass is 1020 g/mol. The van der Waals surface area contributed by atoms with E-state index in [-0.39, 0.29) is 35.4 Å². The minimum absolute atomic E-state index is 0. The molecule has 2 heterocycles. The van der Waals surface area contributed by atoms with Crippen LogP contribution in [0.15, 0.2) is 187 Å². The SMILES string of the molecule is CC(C)(C)OC(=O)NC(C(=O)NC1C(=O)N2C(C(=O)OC(c3ccccc3)c3ccccc3)=C(C[P+](c3ccccc3)(c3ccccc3)c3ccccc3)CS[C@H]12)c1ccc(O)cc1.[I-]. The standard InChI is InChI=1S/C52H48N3O7PS.HI/c1-52(2,3)62-51(60)54-43(35-29-31-39(56)32-30-35)47(57)53-44-48(58)55-45(50(59)61-46(36-19-9-4-10-20-36)37-21-11-5-12-22-37)38(34-64-49(44)55)33-63(40-23-13-6-14-24-40,41-25-15-7-16-26-41)42-27-17-8-18-28-42;/h4-32,43-44,46,49H,33-34H2,1-3H3,(H2-,53,54,56,57,60);1H/t43?,44?,49-;/m1./s1. The Morgan fingerprint density at radius 1 is 0.708 bits per heavy atom. The van der Waals surface area contributed by atoms with Crippen molar-refractivity contribution < 1.29 is 57.7 Å². The van der Waals surface area contributed by atoms with Gasteiger partial charge in [0, 0.05) is 11.3 Å². The number of fused-ring (bicyclic) bond motifs is 1. The fraction of sp³-hybridized carbons (Fsp3) is 0.192. The molecule has 6 aromatic rings. The Labute approximate surface area is 401 Å². The molecule has 0 aliphatic carbocycles. The molecule has 13 heteroatoms. The van der Waals surface area contributed by atoms with Crippen molar-refractivity contribution in [2.24, 2.45) is 0 Å². The minimum atomic E-state index is -2.56. The highest BCUT2D eigenvalue weighted by Crippen LogP contribution is 2.58. The van der Waals surface area contributed by atoms with Gasteiger partial charge in [0.15, 0.2) is 6.10 Å². The second-order valence-electron chi connectivity index (χ2n) is 16.6. The number of esters is 1. The zero-order valence-electron chi connectivity index (χ0n) is 36.0. The van der Waals surface area contributed by atoms with Crippen LogP contribution < -0.4 is 50.5 Å². The zero-order valence-corrected chi connectivity index (χ0v) is 39.9. The molecular weight excluding hydrogens is 969 g/mol. The zero-order chi connectivity index (χ0) is 44.8. The molecule has 3 amide bonds. The number of halogens is 1. The van der Waals surface area contributed by atoms with Gasteiger partial charge in [0.1, 0.15) is 57.7 Å². The molecule has 2 aliphatic heterocycles. The van der Waals surface area contributed by atoms with Crippen molar-refractivity contribution in [3.8, 4) is 5.75 Å². The summed E-state index contributed by atoms with van der Waals surface area (Å²) in [6, 6.07) is 53.6. The number of carbonyl (C=O) groups is 4. The maximum absolute atomic E-state index is 15.2. The van der Waals surface area contributed by atoms with E-state index in [1.165, 1.54) is 40.9 Å². The highest BCUT2D eigenvalue weighted by atomic mass is 127. The van der Waals surface area contributed by atoms with Gasteiger partial charge >= 0.3 is 12.1 Å². The number of alkyl carbamates (subject to hydrolysis) is 1. The van der Waals surface area contributed by atoms with Crippen molar-refractivity contribution in [1.29, 1.82) is 0 Å². The molecule has 0 saturated carbocycles. The molecule has 8 rings (SSSR count). The number of aromatic hydroxyl groups is 1. The number of nitrogens with one attached hydrogen (secondary N) is 2. The fourth-order valence-electron chi connectivity index (χ4n) is 8.22. The molecular formula is C52H49IN3O7PS. The number of benzene rings is 6. The van der Waals surface area contributed by atoms with E-state index in [9.17, 15) is 19.5 Å². The van der Waals surface area contributed by atoms with Crippen LogP contribution in [0.2, 0.25) is 0 Å². The van der Waals surface area contributed by atoms with E-state index in [0.29, 0.717) is 17.5 Å². The second kappa shape index (κ2) is 20.5. The number of ether oxygens (including phenoxy) is 2. The quantitative estimate of drug-likeness (QED) is 0.0642. The van der Waals surface area contributed by atoms with Crippen LogP contribution in [0.4, 0.5) is 4.79 Å². The number of amides is 3. The summed E-state index contributed by atoms with van der Waals surface area (Å²) in [5.74, 6) is -1.47. The summed E-state index contributed by atoms with van der Waals surface area (Å²) in [5, 5.41) is 18.2. The van der Waals surface area contributed by atoms with Crippen LogP contribution in [0.3, 0.4) is 0 Å². The van der Waals surface area contributed by atoms with Crippen molar-refractivity contribution in [1.82, 2.24) is 15.5 Å². The van der Waals surface area contributed by atoms with Crippen molar-refractivity contribution in [3.63, 3.8) is 0 Å². The molecule has 332 valence electrons. The van der Waals surface area contributed by atoms with Crippen LogP contribution in [-0.4, -0.2) is 62.8 Å².